The van der Waals surface area contributed by atoms with E-state index in [0.29, 0.717) is 18.1 Å². The fraction of sp³-hybridized carbons (Fsp3) is 0.821. The summed E-state index contributed by atoms with van der Waals surface area (Å²) >= 11 is 0. The number of piperidine rings is 1. The molecule has 4 atom stereocenters. The van der Waals surface area contributed by atoms with E-state index < -0.39 is 11.5 Å². The number of amides is 2. The Labute approximate surface area is 214 Å². The molecule has 7 heteroatoms. The van der Waals surface area contributed by atoms with Gasteiger partial charge in [0.25, 0.3) is 0 Å². The van der Waals surface area contributed by atoms with E-state index in [1.807, 2.05) is 34.6 Å². The van der Waals surface area contributed by atoms with Crippen LogP contribution in [0.5, 0.6) is 0 Å². The Morgan fingerprint density at radius 3 is 2.17 bits per heavy atom. The zero-order valence-electron chi connectivity index (χ0n) is 24.1. The van der Waals surface area contributed by atoms with Gasteiger partial charge in [-0.15, -0.1) is 0 Å². The van der Waals surface area contributed by atoms with Crippen molar-refractivity contribution in [2.45, 2.75) is 113 Å². The highest BCUT2D eigenvalue weighted by atomic mass is 16.5. The minimum absolute atomic E-state index is 0.0744. The summed E-state index contributed by atoms with van der Waals surface area (Å²) in [5.74, 6) is 0.0699. The van der Waals surface area contributed by atoms with E-state index in [-0.39, 0.29) is 41.8 Å². The first-order valence-corrected chi connectivity index (χ1v) is 13.3. The number of carbonyl (C=O) groups is 3. The van der Waals surface area contributed by atoms with E-state index in [9.17, 15) is 14.4 Å². The fourth-order valence-electron chi connectivity index (χ4n) is 4.82. The summed E-state index contributed by atoms with van der Waals surface area (Å²) in [6.45, 7) is 21.1. The van der Waals surface area contributed by atoms with Crippen LogP contribution in [0.1, 0.15) is 88.5 Å². The highest BCUT2D eigenvalue weighted by molar-refractivity contribution is 5.91. The predicted octanol–water partition coefficient (Wildman–Crippen LogP) is 4.41. The molecule has 202 valence electrons. The number of nitrogens with one attached hydrogen (secondary N) is 1. The van der Waals surface area contributed by atoms with Crippen molar-refractivity contribution < 1.29 is 19.1 Å². The van der Waals surface area contributed by atoms with Crippen LogP contribution < -0.4 is 5.32 Å². The summed E-state index contributed by atoms with van der Waals surface area (Å²) in [4.78, 5) is 43.5. The van der Waals surface area contributed by atoms with Gasteiger partial charge in [-0.25, -0.2) is 4.79 Å². The molecule has 0 spiro atoms. The first-order valence-electron chi connectivity index (χ1n) is 13.3. The molecule has 0 bridgehead atoms. The summed E-state index contributed by atoms with van der Waals surface area (Å²) in [7, 11) is 1.75. The number of hydrogen-bond donors (Lipinski definition) is 1. The van der Waals surface area contributed by atoms with Gasteiger partial charge in [0, 0.05) is 25.2 Å². The number of nitrogens with zero attached hydrogens (tertiary/aromatic N) is 2. The maximum atomic E-state index is 13.8. The van der Waals surface area contributed by atoms with E-state index in [0.717, 1.165) is 25.8 Å². The topological polar surface area (TPSA) is 79.0 Å². The molecule has 35 heavy (non-hydrogen) atoms. The molecule has 0 aromatic rings. The Bertz CT molecular complexity index is 754. The highest BCUT2D eigenvalue weighted by Crippen LogP contribution is 2.28. The van der Waals surface area contributed by atoms with E-state index >= 15 is 0 Å². The third-order valence-corrected chi connectivity index (χ3v) is 7.16. The molecule has 0 aromatic heterocycles. The van der Waals surface area contributed by atoms with E-state index in [1.54, 1.807) is 31.9 Å². The van der Waals surface area contributed by atoms with Crippen LogP contribution in [0.4, 0.5) is 0 Å². The van der Waals surface area contributed by atoms with Crippen molar-refractivity contribution in [3.8, 4) is 0 Å². The number of esters is 1. The smallest absolute Gasteiger partial charge is 0.333 e. The van der Waals surface area contributed by atoms with Crippen molar-refractivity contribution >= 4 is 17.8 Å². The van der Waals surface area contributed by atoms with Crippen LogP contribution in [0.25, 0.3) is 0 Å². The van der Waals surface area contributed by atoms with Crippen LogP contribution in [0, 0.1) is 17.3 Å². The lowest BCUT2D eigenvalue weighted by Gasteiger charge is -2.43. The summed E-state index contributed by atoms with van der Waals surface area (Å²) in [5.41, 5.74) is -0.00655. The second-order valence-corrected chi connectivity index (χ2v) is 11.7. The number of likely N-dealkylation sites (N-methyl/N-ethyl adjacent to an activating group) is 1. The molecule has 1 unspecified atom stereocenters. The normalized spacial score (nSPS) is 21.6. The van der Waals surface area contributed by atoms with Crippen molar-refractivity contribution in [1.82, 2.24) is 15.1 Å². The van der Waals surface area contributed by atoms with Gasteiger partial charge in [0.1, 0.15) is 6.04 Å². The van der Waals surface area contributed by atoms with Gasteiger partial charge >= 0.3 is 5.97 Å². The molecule has 1 rings (SSSR count). The molecule has 2 amide bonds. The number of rotatable bonds is 10. The van der Waals surface area contributed by atoms with Crippen molar-refractivity contribution in [2.24, 2.45) is 17.3 Å². The van der Waals surface area contributed by atoms with E-state index in [1.165, 1.54) is 0 Å². The Balaban J connectivity index is 3.17. The molecule has 1 aliphatic heterocycles. The second-order valence-electron chi connectivity index (χ2n) is 11.7. The monoisotopic (exact) mass is 493 g/mol. The van der Waals surface area contributed by atoms with Crippen LogP contribution in [0.2, 0.25) is 0 Å². The lowest BCUT2D eigenvalue weighted by Crippen LogP contribution is -2.61. The second kappa shape index (κ2) is 13.4. The SMILES string of the molecule is CCOC(=O)C(C)=C[C@H](C(C)C)N(C)C(=O)[C@@H](NC(=O)C1CC[C@@H](CC)CN1C(C)C)C(C)(C)C. The Kier molecular flexibility index (Phi) is 11.9. The summed E-state index contributed by atoms with van der Waals surface area (Å²) in [6.07, 6.45) is 4.74. The molecule has 1 saturated heterocycles. The Morgan fingerprint density at radius 1 is 1.11 bits per heavy atom. The third-order valence-electron chi connectivity index (χ3n) is 7.16. The third kappa shape index (κ3) is 8.62. The van der Waals surface area contributed by atoms with Gasteiger partial charge in [-0.2, -0.15) is 0 Å². The Morgan fingerprint density at radius 2 is 1.71 bits per heavy atom. The van der Waals surface area contributed by atoms with Gasteiger partial charge < -0.3 is 15.0 Å². The molecule has 0 saturated carbocycles. The number of ether oxygens (including phenoxy) is 1. The lowest BCUT2D eigenvalue weighted by molar-refractivity contribution is -0.142. The van der Waals surface area contributed by atoms with Crippen LogP contribution in [-0.2, 0) is 19.1 Å². The van der Waals surface area contributed by atoms with Crippen LogP contribution in [0.15, 0.2) is 11.6 Å². The van der Waals surface area contributed by atoms with Crippen LogP contribution in [-0.4, -0.2) is 72.0 Å². The van der Waals surface area contributed by atoms with Crippen molar-refractivity contribution in [3.63, 3.8) is 0 Å². The first kappa shape index (κ1) is 31.1. The fourth-order valence-corrected chi connectivity index (χ4v) is 4.82. The average Bonchev–Trinajstić information content (AvgIpc) is 2.78. The molecule has 0 aliphatic carbocycles. The minimum Gasteiger partial charge on any atom is -0.463 e. The molecular formula is C28H51N3O4. The maximum Gasteiger partial charge on any atom is 0.333 e. The number of hydrogen-bond acceptors (Lipinski definition) is 5. The number of likely N-dealkylation sites (tertiary alicyclic amines) is 1. The van der Waals surface area contributed by atoms with E-state index in [4.69, 9.17) is 4.74 Å². The molecule has 1 N–H and O–H groups in total. The maximum absolute atomic E-state index is 13.8. The molecule has 0 radical (unpaired) electrons. The first-order chi connectivity index (χ1) is 16.1. The van der Waals surface area contributed by atoms with Gasteiger partial charge in [0.15, 0.2) is 0 Å². The quantitative estimate of drug-likeness (QED) is 0.360. The Hall–Kier alpha value is -1.89. The summed E-state index contributed by atoms with van der Waals surface area (Å²) in [5, 5.41) is 3.13. The van der Waals surface area contributed by atoms with Gasteiger partial charge in [0.05, 0.1) is 18.7 Å². The molecule has 7 nitrogen and oxygen atoms in total. The number of carbonyl (C=O) groups excluding carboxylic acids is 3. The summed E-state index contributed by atoms with van der Waals surface area (Å²) < 4.78 is 5.12. The van der Waals surface area contributed by atoms with Gasteiger partial charge in [-0.05, 0) is 57.8 Å². The molecule has 0 aromatic carbocycles. The average molecular weight is 494 g/mol. The zero-order valence-corrected chi connectivity index (χ0v) is 24.1. The molecule has 1 fully saturated rings. The van der Waals surface area contributed by atoms with Crippen molar-refractivity contribution in [2.75, 3.05) is 20.2 Å². The van der Waals surface area contributed by atoms with Crippen LogP contribution >= 0.6 is 0 Å². The van der Waals surface area contributed by atoms with Crippen molar-refractivity contribution in [1.29, 1.82) is 0 Å². The van der Waals surface area contributed by atoms with Gasteiger partial charge in [0.2, 0.25) is 11.8 Å². The van der Waals surface area contributed by atoms with Gasteiger partial charge in [-0.3, -0.25) is 14.5 Å². The molecular weight excluding hydrogens is 442 g/mol. The standard InChI is InChI=1S/C28H51N3O4/c1-12-21-14-15-22(31(17-21)19(5)6)25(32)29-24(28(8,9)10)26(33)30(11)23(18(3)4)16-20(7)27(34)35-13-2/h16,18-19,21-24H,12-15,17H2,1-11H3,(H,29,32)/t21-,22?,23-,24-/m1/s1. The molecule has 1 heterocycles. The summed E-state index contributed by atoms with van der Waals surface area (Å²) in [6, 6.07) is -0.961. The van der Waals surface area contributed by atoms with E-state index in [2.05, 4.69) is 31.0 Å². The van der Waals surface area contributed by atoms with Gasteiger partial charge in [-0.1, -0.05) is 54.0 Å². The zero-order chi connectivity index (χ0) is 27.1. The largest absolute Gasteiger partial charge is 0.463 e. The van der Waals surface area contributed by atoms with Crippen LogP contribution in [0.3, 0.4) is 0 Å². The predicted molar refractivity (Wildman–Crippen MR) is 142 cm³/mol. The highest BCUT2D eigenvalue weighted by Gasteiger charge is 2.40. The van der Waals surface area contributed by atoms with Crippen molar-refractivity contribution in [3.05, 3.63) is 11.6 Å². The lowest BCUT2D eigenvalue weighted by atomic mass is 9.84. The molecule has 1 aliphatic rings. The minimum atomic E-state index is -0.685.